The number of hydrogen-bond donors (Lipinski definition) is 1. The molecule has 0 saturated carbocycles. The molecule has 1 atom stereocenters. The van der Waals surface area contributed by atoms with E-state index in [2.05, 4.69) is 32.9 Å². The SMILES string of the molecule is CCCn1nccc1C(O)c1ccc(Br)c2cccnc12. The number of aliphatic hydroxyl groups excluding tert-OH is 1. The molecule has 2 aromatic heterocycles. The zero-order valence-electron chi connectivity index (χ0n) is 11.7. The highest BCUT2D eigenvalue weighted by atomic mass is 79.9. The van der Waals surface area contributed by atoms with E-state index in [1.54, 1.807) is 12.4 Å². The maximum atomic E-state index is 10.8. The summed E-state index contributed by atoms with van der Waals surface area (Å²) in [4.78, 5) is 4.43. The highest BCUT2D eigenvalue weighted by Crippen LogP contribution is 2.31. The largest absolute Gasteiger partial charge is 0.382 e. The summed E-state index contributed by atoms with van der Waals surface area (Å²) in [6, 6.07) is 9.60. The second-order valence-corrected chi connectivity index (χ2v) is 5.77. The van der Waals surface area contributed by atoms with Gasteiger partial charge in [-0.3, -0.25) is 9.67 Å². The van der Waals surface area contributed by atoms with Crippen LogP contribution in [0.4, 0.5) is 0 Å². The number of rotatable bonds is 4. The molecule has 4 nitrogen and oxygen atoms in total. The van der Waals surface area contributed by atoms with Crippen molar-refractivity contribution >= 4 is 26.8 Å². The Bertz CT molecular complexity index is 769. The molecule has 2 heterocycles. The maximum Gasteiger partial charge on any atom is 0.123 e. The molecule has 0 spiro atoms. The molecule has 5 heteroatoms. The molecule has 1 unspecified atom stereocenters. The van der Waals surface area contributed by atoms with Crippen molar-refractivity contribution in [3.63, 3.8) is 0 Å². The van der Waals surface area contributed by atoms with Crippen LogP contribution < -0.4 is 0 Å². The van der Waals surface area contributed by atoms with Gasteiger partial charge in [-0.05, 0) is 24.6 Å². The Kier molecular flexibility index (Phi) is 4.03. The van der Waals surface area contributed by atoms with Crippen LogP contribution in [0.25, 0.3) is 10.9 Å². The van der Waals surface area contributed by atoms with Gasteiger partial charge in [0.1, 0.15) is 6.10 Å². The predicted octanol–water partition coefficient (Wildman–Crippen LogP) is 3.69. The lowest BCUT2D eigenvalue weighted by Crippen LogP contribution is -2.10. The Morgan fingerprint density at radius 1 is 1.24 bits per heavy atom. The molecule has 1 aromatic carbocycles. The predicted molar refractivity (Wildman–Crippen MR) is 86.0 cm³/mol. The van der Waals surface area contributed by atoms with Gasteiger partial charge in [0.2, 0.25) is 0 Å². The van der Waals surface area contributed by atoms with Crippen LogP contribution in [-0.4, -0.2) is 19.9 Å². The summed E-state index contributed by atoms with van der Waals surface area (Å²) in [5.74, 6) is 0. The first-order valence-corrected chi connectivity index (χ1v) is 7.74. The maximum absolute atomic E-state index is 10.8. The van der Waals surface area contributed by atoms with Crippen LogP contribution in [0.5, 0.6) is 0 Å². The van der Waals surface area contributed by atoms with E-state index in [1.165, 1.54) is 0 Å². The number of benzene rings is 1. The minimum absolute atomic E-state index is 0.732. The van der Waals surface area contributed by atoms with Gasteiger partial charge >= 0.3 is 0 Å². The third-order valence-corrected chi connectivity index (χ3v) is 4.20. The molecular weight excluding hydrogens is 330 g/mol. The van der Waals surface area contributed by atoms with E-state index in [0.29, 0.717) is 0 Å². The number of fused-ring (bicyclic) bond motifs is 1. The highest BCUT2D eigenvalue weighted by molar-refractivity contribution is 9.10. The zero-order valence-corrected chi connectivity index (χ0v) is 13.3. The quantitative estimate of drug-likeness (QED) is 0.784. The number of hydrogen-bond acceptors (Lipinski definition) is 3. The number of nitrogens with zero attached hydrogens (tertiary/aromatic N) is 3. The molecule has 0 amide bonds. The minimum atomic E-state index is -0.732. The second kappa shape index (κ2) is 5.95. The summed E-state index contributed by atoms with van der Waals surface area (Å²) in [6.07, 6.45) is 3.71. The fourth-order valence-corrected chi connectivity index (χ4v) is 2.97. The van der Waals surface area contributed by atoms with Crippen molar-refractivity contribution in [3.05, 3.63) is 58.5 Å². The van der Waals surface area contributed by atoms with Crippen molar-refractivity contribution in [2.24, 2.45) is 0 Å². The molecule has 0 fully saturated rings. The average molecular weight is 346 g/mol. The van der Waals surface area contributed by atoms with Gasteiger partial charge in [0, 0.05) is 34.4 Å². The van der Waals surface area contributed by atoms with Crippen LogP contribution >= 0.6 is 15.9 Å². The minimum Gasteiger partial charge on any atom is -0.382 e. The highest BCUT2D eigenvalue weighted by Gasteiger charge is 2.19. The lowest BCUT2D eigenvalue weighted by atomic mass is 10.0. The van der Waals surface area contributed by atoms with Gasteiger partial charge in [-0.2, -0.15) is 5.10 Å². The van der Waals surface area contributed by atoms with Gasteiger partial charge < -0.3 is 5.11 Å². The number of aromatic nitrogens is 3. The Balaban J connectivity index is 2.12. The topological polar surface area (TPSA) is 50.9 Å². The van der Waals surface area contributed by atoms with Crippen LogP contribution in [0.1, 0.15) is 30.7 Å². The number of aliphatic hydroxyl groups is 1. The van der Waals surface area contributed by atoms with Gasteiger partial charge in [-0.25, -0.2) is 0 Å². The smallest absolute Gasteiger partial charge is 0.123 e. The zero-order chi connectivity index (χ0) is 14.8. The lowest BCUT2D eigenvalue weighted by molar-refractivity contribution is 0.208. The van der Waals surface area contributed by atoms with Crippen molar-refractivity contribution in [2.75, 3.05) is 0 Å². The molecule has 108 valence electrons. The Morgan fingerprint density at radius 2 is 2.10 bits per heavy atom. The van der Waals surface area contributed by atoms with Gasteiger partial charge in [-0.1, -0.05) is 35.0 Å². The van der Waals surface area contributed by atoms with E-state index in [9.17, 15) is 5.11 Å². The van der Waals surface area contributed by atoms with Crippen molar-refractivity contribution in [1.29, 1.82) is 0 Å². The van der Waals surface area contributed by atoms with Crippen LogP contribution in [0.2, 0.25) is 0 Å². The van der Waals surface area contributed by atoms with Gasteiger partial charge in [-0.15, -0.1) is 0 Å². The lowest BCUT2D eigenvalue weighted by Gasteiger charge is -2.15. The molecule has 21 heavy (non-hydrogen) atoms. The Labute approximate surface area is 131 Å². The summed E-state index contributed by atoms with van der Waals surface area (Å²) in [6.45, 7) is 2.88. The summed E-state index contributed by atoms with van der Waals surface area (Å²) >= 11 is 3.53. The molecule has 0 aliphatic heterocycles. The first-order valence-electron chi connectivity index (χ1n) is 6.95. The first-order chi connectivity index (χ1) is 10.2. The molecule has 0 saturated heterocycles. The number of halogens is 1. The van der Waals surface area contributed by atoms with Gasteiger partial charge in [0.05, 0.1) is 11.2 Å². The second-order valence-electron chi connectivity index (χ2n) is 4.92. The van der Waals surface area contributed by atoms with E-state index in [-0.39, 0.29) is 0 Å². The van der Waals surface area contributed by atoms with Crippen molar-refractivity contribution in [2.45, 2.75) is 26.0 Å². The molecule has 3 rings (SSSR count). The number of aryl methyl sites for hydroxylation is 1. The first kappa shape index (κ1) is 14.2. The van der Waals surface area contributed by atoms with E-state index in [1.807, 2.05) is 35.0 Å². The van der Waals surface area contributed by atoms with Gasteiger partial charge in [0.15, 0.2) is 0 Å². The van der Waals surface area contributed by atoms with Crippen molar-refractivity contribution in [3.8, 4) is 0 Å². The summed E-state index contributed by atoms with van der Waals surface area (Å²) in [7, 11) is 0. The third kappa shape index (κ3) is 2.59. The molecule has 1 N–H and O–H groups in total. The summed E-state index contributed by atoms with van der Waals surface area (Å²) in [5.41, 5.74) is 2.40. The van der Waals surface area contributed by atoms with Crippen LogP contribution in [-0.2, 0) is 6.54 Å². The van der Waals surface area contributed by atoms with E-state index < -0.39 is 6.10 Å². The van der Waals surface area contributed by atoms with E-state index >= 15 is 0 Å². The van der Waals surface area contributed by atoms with Gasteiger partial charge in [0.25, 0.3) is 0 Å². The Hall–Kier alpha value is -1.72. The standard InChI is InChI=1S/C16H16BrN3O/c1-2-10-20-14(7-9-19-20)16(21)12-5-6-13(17)11-4-3-8-18-15(11)12/h3-9,16,21H,2,10H2,1H3. The molecule has 0 aliphatic rings. The molecule has 0 bridgehead atoms. The van der Waals surface area contributed by atoms with E-state index in [4.69, 9.17) is 0 Å². The third-order valence-electron chi connectivity index (χ3n) is 3.51. The number of pyridine rings is 1. The normalized spacial score (nSPS) is 12.7. The molecule has 0 aliphatic carbocycles. The average Bonchev–Trinajstić information content (AvgIpc) is 2.96. The molecule has 3 aromatic rings. The Morgan fingerprint density at radius 3 is 2.90 bits per heavy atom. The fourth-order valence-electron chi connectivity index (χ4n) is 2.51. The fraction of sp³-hybridized carbons (Fsp3) is 0.250. The van der Waals surface area contributed by atoms with Crippen molar-refractivity contribution < 1.29 is 5.11 Å². The monoisotopic (exact) mass is 345 g/mol. The van der Waals surface area contributed by atoms with E-state index in [0.717, 1.165) is 39.6 Å². The van der Waals surface area contributed by atoms with Crippen LogP contribution in [0, 0.1) is 0 Å². The van der Waals surface area contributed by atoms with Crippen LogP contribution in [0.15, 0.2) is 47.2 Å². The molecule has 0 radical (unpaired) electrons. The summed E-state index contributed by atoms with van der Waals surface area (Å²) in [5, 5.41) is 16.0. The van der Waals surface area contributed by atoms with Crippen molar-refractivity contribution in [1.82, 2.24) is 14.8 Å². The van der Waals surface area contributed by atoms with Crippen LogP contribution in [0.3, 0.4) is 0 Å². The molecular formula is C16H16BrN3O. The summed E-state index contributed by atoms with van der Waals surface area (Å²) < 4.78 is 2.82.